The minimum absolute atomic E-state index is 0.000882. The lowest BCUT2D eigenvalue weighted by molar-refractivity contribution is -0.117. The van der Waals surface area contributed by atoms with Gasteiger partial charge in [0.1, 0.15) is 0 Å². The highest BCUT2D eigenvalue weighted by atomic mass is 32.1. The number of nitrogens with zero attached hydrogens (tertiary/aromatic N) is 3. The van der Waals surface area contributed by atoms with Crippen molar-refractivity contribution in [2.75, 3.05) is 18.4 Å². The number of para-hydroxylation sites is 1. The van der Waals surface area contributed by atoms with Crippen molar-refractivity contribution in [2.24, 2.45) is 0 Å². The molecule has 0 bridgehead atoms. The van der Waals surface area contributed by atoms with Crippen molar-refractivity contribution in [2.45, 2.75) is 26.3 Å². The van der Waals surface area contributed by atoms with Crippen molar-refractivity contribution in [1.82, 2.24) is 14.7 Å². The largest absolute Gasteiger partial charge is 0.322 e. The third-order valence-corrected chi connectivity index (χ3v) is 7.70. The maximum Gasteiger partial charge on any atom is 0.238 e. The Kier molecular flexibility index (Phi) is 5.48. The molecule has 0 radical (unpaired) electrons. The van der Waals surface area contributed by atoms with Crippen molar-refractivity contribution < 1.29 is 4.79 Å². The Morgan fingerprint density at radius 3 is 2.71 bits per heavy atom. The van der Waals surface area contributed by atoms with Gasteiger partial charge < -0.3 is 5.32 Å². The second-order valence-electron chi connectivity index (χ2n) is 7.78. The lowest BCUT2D eigenvalue weighted by Gasteiger charge is -2.34. The Morgan fingerprint density at radius 1 is 1.10 bits per heavy atom. The van der Waals surface area contributed by atoms with E-state index in [-0.39, 0.29) is 11.9 Å². The summed E-state index contributed by atoms with van der Waals surface area (Å²) in [7, 11) is 0. The van der Waals surface area contributed by atoms with Crippen LogP contribution in [0.1, 0.15) is 32.7 Å². The number of thiophene rings is 2. The molecule has 0 unspecified atom stereocenters. The number of aromatic nitrogens is 2. The van der Waals surface area contributed by atoms with Crippen molar-refractivity contribution in [3.63, 3.8) is 0 Å². The van der Waals surface area contributed by atoms with Crippen LogP contribution < -0.4 is 5.32 Å². The Morgan fingerprint density at radius 2 is 1.94 bits per heavy atom. The SMILES string of the molecule is Cc1nn(-c2ccccc2)c(C)c1NC(=O)CN1CCc2sccc2[C@H]1c1cccs1. The number of benzene rings is 1. The van der Waals surface area contributed by atoms with Crippen LogP contribution in [0.3, 0.4) is 0 Å². The molecule has 1 N–H and O–H groups in total. The quantitative estimate of drug-likeness (QED) is 0.457. The van der Waals surface area contributed by atoms with Gasteiger partial charge in [-0.1, -0.05) is 24.3 Å². The van der Waals surface area contributed by atoms with E-state index in [1.54, 1.807) is 11.3 Å². The Balaban J connectivity index is 1.37. The summed E-state index contributed by atoms with van der Waals surface area (Å²) in [5.74, 6) is -0.000882. The molecule has 0 saturated heterocycles. The number of aryl methyl sites for hydroxylation is 1. The van der Waals surface area contributed by atoms with Crippen molar-refractivity contribution >= 4 is 34.3 Å². The molecule has 0 aliphatic carbocycles. The van der Waals surface area contributed by atoms with Crippen LogP contribution in [0.5, 0.6) is 0 Å². The van der Waals surface area contributed by atoms with E-state index in [1.165, 1.54) is 15.3 Å². The molecule has 5 nitrogen and oxygen atoms in total. The first kappa shape index (κ1) is 20.2. The molecule has 0 spiro atoms. The minimum atomic E-state index is -0.000882. The maximum atomic E-state index is 13.1. The predicted octanol–water partition coefficient (Wildman–Crippen LogP) is 5.20. The van der Waals surface area contributed by atoms with Gasteiger partial charge in [0.25, 0.3) is 0 Å². The minimum Gasteiger partial charge on any atom is -0.322 e. The zero-order valence-corrected chi connectivity index (χ0v) is 19.2. The molecule has 1 aromatic carbocycles. The summed E-state index contributed by atoms with van der Waals surface area (Å²) in [6.07, 6.45) is 0.992. The van der Waals surface area contributed by atoms with Gasteiger partial charge >= 0.3 is 0 Å². The van der Waals surface area contributed by atoms with Crippen LogP contribution in [0.2, 0.25) is 0 Å². The molecule has 0 saturated carbocycles. The van der Waals surface area contributed by atoms with Crippen LogP contribution in [0.15, 0.2) is 59.3 Å². The first-order valence-corrected chi connectivity index (χ1v) is 12.1. The van der Waals surface area contributed by atoms with Crippen LogP contribution in [-0.4, -0.2) is 33.7 Å². The second kappa shape index (κ2) is 8.42. The maximum absolute atomic E-state index is 13.1. The Labute approximate surface area is 190 Å². The van der Waals surface area contributed by atoms with Crippen LogP contribution >= 0.6 is 22.7 Å². The van der Waals surface area contributed by atoms with Gasteiger partial charge in [0.2, 0.25) is 5.91 Å². The highest BCUT2D eigenvalue weighted by molar-refractivity contribution is 7.10. The first-order valence-electron chi connectivity index (χ1n) is 10.4. The summed E-state index contributed by atoms with van der Waals surface area (Å²) >= 11 is 3.58. The van der Waals surface area contributed by atoms with Gasteiger partial charge in [-0.3, -0.25) is 9.69 Å². The van der Waals surface area contributed by atoms with Crippen molar-refractivity contribution in [3.8, 4) is 5.69 Å². The van der Waals surface area contributed by atoms with Gasteiger partial charge in [0, 0.05) is 16.3 Å². The van der Waals surface area contributed by atoms with E-state index in [9.17, 15) is 4.79 Å². The van der Waals surface area contributed by atoms with Gasteiger partial charge in [0.15, 0.2) is 0 Å². The number of anilines is 1. The summed E-state index contributed by atoms with van der Waals surface area (Å²) < 4.78 is 1.89. The van der Waals surface area contributed by atoms with Gasteiger partial charge in [-0.05, 0) is 60.9 Å². The molecule has 4 aromatic rings. The van der Waals surface area contributed by atoms with Crippen LogP contribution in [0.4, 0.5) is 5.69 Å². The smallest absolute Gasteiger partial charge is 0.238 e. The molecule has 1 aliphatic heterocycles. The topological polar surface area (TPSA) is 50.2 Å². The number of hydrogen-bond donors (Lipinski definition) is 1. The molecular formula is C24H24N4OS2. The van der Waals surface area contributed by atoms with E-state index in [2.05, 4.69) is 44.3 Å². The molecule has 3 aromatic heterocycles. The highest BCUT2D eigenvalue weighted by Crippen LogP contribution is 2.39. The summed E-state index contributed by atoms with van der Waals surface area (Å²) in [5, 5.41) is 12.1. The standard InChI is InChI=1S/C24H24N4OS2/c1-16-23(17(2)28(26-16)18-7-4-3-5-8-18)25-22(29)15-27-12-10-20-19(11-14-31-20)24(27)21-9-6-13-30-21/h3-9,11,13-14,24H,10,12,15H2,1-2H3,(H,25,29)/t24-/m0/s1. The number of amides is 1. The molecule has 31 heavy (non-hydrogen) atoms. The van der Waals surface area contributed by atoms with Crippen molar-refractivity contribution in [1.29, 1.82) is 0 Å². The first-order chi connectivity index (χ1) is 15.1. The molecule has 158 valence electrons. The van der Waals surface area contributed by atoms with Gasteiger partial charge in [-0.25, -0.2) is 4.68 Å². The lowest BCUT2D eigenvalue weighted by atomic mass is 9.98. The number of nitrogens with one attached hydrogen (secondary N) is 1. The van der Waals surface area contributed by atoms with E-state index in [1.807, 2.05) is 60.2 Å². The number of carbonyl (C=O) groups is 1. The number of fused-ring (bicyclic) bond motifs is 1. The molecule has 0 fully saturated rings. The second-order valence-corrected chi connectivity index (χ2v) is 9.76. The molecule has 1 amide bonds. The highest BCUT2D eigenvalue weighted by Gasteiger charge is 2.31. The zero-order chi connectivity index (χ0) is 21.4. The van der Waals surface area contributed by atoms with E-state index >= 15 is 0 Å². The Hall–Kier alpha value is -2.74. The van der Waals surface area contributed by atoms with Crippen LogP contribution in [0.25, 0.3) is 5.69 Å². The average Bonchev–Trinajstić information content (AvgIpc) is 3.52. The third-order valence-electron chi connectivity index (χ3n) is 5.78. The zero-order valence-electron chi connectivity index (χ0n) is 17.5. The molecule has 1 aliphatic rings. The Bertz CT molecular complexity index is 1190. The monoisotopic (exact) mass is 448 g/mol. The van der Waals surface area contributed by atoms with Crippen LogP contribution in [-0.2, 0) is 11.2 Å². The molecule has 7 heteroatoms. The number of rotatable bonds is 5. The average molecular weight is 449 g/mol. The van der Waals surface area contributed by atoms with E-state index < -0.39 is 0 Å². The van der Waals surface area contributed by atoms with E-state index in [0.29, 0.717) is 6.54 Å². The van der Waals surface area contributed by atoms with Crippen LogP contribution in [0, 0.1) is 13.8 Å². The number of hydrogen-bond acceptors (Lipinski definition) is 5. The van der Waals surface area contributed by atoms with Gasteiger partial charge in [-0.2, -0.15) is 5.10 Å². The normalized spacial score (nSPS) is 16.3. The molecule has 5 rings (SSSR count). The summed E-state index contributed by atoms with van der Waals surface area (Å²) in [6.45, 7) is 5.17. The number of carbonyl (C=O) groups excluding carboxylic acids is 1. The predicted molar refractivity (Wildman–Crippen MR) is 127 cm³/mol. The summed E-state index contributed by atoms with van der Waals surface area (Å²) in [4.78, 5) is 18.1. The summed E-state index contributed by atoms with van der Waals surface area (Å²) in [5.41, 5.74) is 4.89. The van der Waals surface area contributed by atoms with E-state index in [0.717, 1.165) is 35.7 Å². The van der Waals surface area contributed by atoms with Crippen molar-refractivity contribution in [3.05, 3.63) is 86.0 Å². The lowest BCUT2D eigenvalue weighted by Crippen LogP contribution is -2.40. The fraction of sp³-hybridized carbons (Fsp3) is 0.250. The third kappa shape index (κ3) is 3.84. The van der Waals surface area contributed by atoms with Gasteiger partial charge in [-0.15, -0.1) is 22.7 Å². The summed E-state index contributed by atoms with van der Waals surface area (Å²) in [6, 6.07) is 16.6. The molecule has 4 heterocycles. The van der Waals surface area contributed by atoms with E-state index in [4.69, 9.17) is 0 Å². The fourth-order valence-electron chi connectivity index (χ4n) is 4.33. The molecular weight excluding hydrogens is 424 g/mol. The molecule has 1 atom stereocenters. The van der Waals surface area contributed by atoms with Gasteiger partial charge in [0.05, 0.1) is 35.3 Å². The fourth-order valence-corrected chi connectivity index (χ4v) is 6.11.